The lowest BCUT2D eigenvalue weighted by atomic mass is 10.1. The lowest BCUT2D eigenvalue weighted by Gasteiger charge is -2.21. The standard InChI is InChI=1S/C18H26N2O2/c1-4-5-12-22-15(3)18(21)19-16-8-9-17(14(2)13-16)20-10-6-7-11-20/h4,8-9,13,15H,1,5-7,10-12H2,2-3H3,(H,19,21). The van der Waals surface area contributed by atoms with Crippen molar-refractivity contribution in [1.29, 1.82) is 0 Å². The minimum Gasteiger partial charge on any atom is -0.371 e. The van der Waals surface area contributed by atoms with Gasteiger partial charge >= 0.3 is 0 Å². The number of amides is 1. The largest absolute Gasteiger partial charge is 0.371 e. The number of nitrogens with zero attached hydrogens (tertiary/aromatic N) is 1. The third kappa shape index (κ3) is 4.34. The van der Waals surface area contributed by atoms with Gasteiger partial charge in [0.2, 0.25) is 0 Å². The fourth-order valence-corrected chi connectivity index (χ4v) is 2.69. The first-order valence-electron chi connectivity index (χ1n) is 8.01. The lowest BCUT2D eigenvalue weighted by Crippen LogP contribution is -2.28. The third-order valence-corrected chi connectivity index (χ3v) is 3.97. The first kappa shape index (κ1) is 16.6. The molecule has 2 rings (SSSR count). The summed E-state index contributed by atoms with van der Waals surface area (Å²) >= 11 is 0. The van der Waals surface area contributed by atoms with Crippen LogP contribution in [-0.4, -0.2) is 31.7 Å². The molecule has 1 aromatic rings. The normalized spacial score (nSPS) is 15.6. The van der Waals surface area contributed by atoms with Crippen LogP contribution in [0.3, 0.4) is 0 Å². The fourth-order valence-electron chi connectivity index (χ4n) is 2.69. The minimum absolute atomic E-state index is 0.114. The Morgan fingerprint density at radius 2 is 2.18 bits per heavy atom. The summed E-state index contributed by atoms with van der Waals surface area (Å²) in [4.78, 5) is 14.5. The maximum absolute atomic E-state index is 12.1. The van der Waals surface area contributed by atoms with Crippen LogP contribution in [0.4, 0.5) is 11.4 Å². The van der Waals surface area contributed by atoms with Crippen molar-refractivity contribution in [3.8, 4) is 0 Å². The van der Waals surface area contributed by atoms with Crippen molar-refractivity contribution in [2.75, 3.05) is 29.9 Å². The Bertz CT molecular complexity index is 522. The smallest absolute Gasteiger partial charge is 0.253 e. The quantitative estimate of drug-likeness (QED) is 0.619. The van der Waals surface area contributed by atoms with Gasteiger partial charge in [-0.05, 0) is 56.9 Å². The van der Waals surface area contributed by atoms with Crippen LogP contribution in [0.2, 0.25) is 0 Å². The summed E-state index contributed by atoms with van der Waals surface area (Å²) < 4.78 is 5.46. The summed E-state index contributed by atoms with van der Waals surface area (Å²) in [5, 5.41) is 2.92. The van der Waals surface area contributed by atoms with E-state index in [1.807, 2.05) is 12.1 Å². The highest BCUT2D eigenvalue weighted by molar-refractivity contribution is 5.94. The van der Waals surface area contributed by atoms with Gasteiger partial charge in [-0.25, -0.2) is 0 Å². The van der Waals surface area contributed by atoms with E-state index in [0.717, 1.165) is 25.2 Å². The summed E-state index contributed by atoms with van der Waals surface area (Å²) in [6.45, 7) is 10.3. The van der Waals surface area contributed by atoms with E-state index in [4.69, 9.17) is 4.74 Å². The van der Waals surface area contributed by atoms with Crippen molar-refractivity contribution in [1.82, 2.24) is 0 Å². The molecular weight excluding hydrogens is 276 g/mol. The van der Waals surface area contributed by atoms with Crippen molar-refractivity contribution < 1.29 is 9.53 Å². The van der Waals surface area contributed by atoms with E-state index < -0.39 is 6.10 Å². The maximum atomic E-state index is 12.1. The van der Waals surface area contributed by atoms with Crippen LogP contribution in [0.1, 0.15) is 31.7 Å². The third-order valence-electron chi connectivity index (χ3n) is 3.97. The zero-order valence-electron chi connectivity index (χ0n) is 13.6. The Morgan fingerprint density at radius 3 is 2.82 bits per heavy atom. The molecule has 1 fully saturated rings. The number of aryl methyl sites for hydroxylation is 1. The highest BCUT2D eigenvalue weighted by atomic mass is 16.5. The van der Waals surface area contributed by atoms with Gasteiger partial charge in [0.1, 0.15) is 6.10 Å². The molecule has 1 amide bonds. The zero-order valence-corrected chi connectivity index (χ0v) is 13.6. The average Bonchev–Trinajstić information content (AvgIpc) is 3.01. The van der Waals surface area contributed by atoms with Crippen molar-refractivity contribution in [3.63, 3.8) is 0 Å². The fraction of sp³-hybridized carbons (Fsp3) is 0.500. The Balaban J connectivity index is 1.93. The highest BCUT2D eigenvalue weighted by Gasteiger charge is 2.16. The molecule has 0 bridgehead atoms. The van der Waals surface area contributed by atoms with Gasteiger partial charge in [0.15, 0.2) is 0 Å². The van der Waals surface area contributed by atoms with Crippen molar-refractivity contribution in [2.24, 2.45) is 0 Å². The van der Waals surface area contributed by atoms with E-state index in [1.54, 1.807) is 13.0 Å². The second-order valence-electron chi connectivity index (χ2n) is 5.78. The highest BCUT2D eigenvalue weighted by Crippen LogP contribution is 2.26. The minimum atomic E-state index is -0.460. The molecule has 1 atom stereocenters. The van der Waals surface area contributed by atoms with Crippen LogP contribution >= 0.6 is 0 Å². The molecule has 1 unspecified atom stereocenters. The van der Waals surface area contributed by atoms with Gasteiger partial charge in [0.25, 0.3) is 5.91 Å². The molecule has 0 spiro atoms. The number of hydrogen-bond acceptors (Lipinski definition) is 3. The first-order valence-corrected chi connectivity index (χ1v) is 8.01. The van der Waals surface area contributed by atoms with E-state index in [0.29, 0.717) is 6.61 Å². The van der Waals surface area contributed by atoms with Gasteiger partial charge in [-0.2, -0.15) is 0 Å². The molecular formula is C18H26N2O2. The maximum Gasteiger partial charge on any atom is 0.253 e. The predicted molar refractivity (Wildman–Crippen MR) is 91.5 cm³/mol. The van der Waals surface area contributed by atoms with Gasteiger partial charge in [0, 0.05) is 24.5 Å². The molecule has 0 saturated carbocycles. The van der Waals surface area contributed by atoms with Crippen LogP contribution in [0.5, 0.6) is 0 Å². The topological polar surface area (TPSA) is 41.6 Å². The van der Waals surface area contributed by atoms with Crippen LogP contribution in [0.15, 0.2) is 30.9 Å². The molecule has 1 aliphatic heterocycles. The molecule has 4 heteroatoms. The molecule has 1 aliphatic rings. The van der Waals surface area contributed by atoms with Gasteiger partial charge in [-0.3, -0.25) is 4.79 Å². The van der Waals surface area contributed by atoms with E-state index in [9.17, 15) is 4.79 Å². The van der Waals surface area contributed by atoms with Crippen LogP contribution in [-0.2, 0) is 9.53 Å². The number of ether oxygens (including phenoxy) is 1. The number of rotatable bonds is 7. The Hall–Kier alpha value is -1.81. The number of anilines is 2. The van der Waals surface area contributed by atoms with Crippen LogP contribution < -0.4 is 10.2 Å². The Labute approximate surface area is 133 Å². The summed E-state index contributed by atoms with van der Waals surface area (Å²) in [5.41, 5.74) is 3.29. The number of benzene rings is 1. The molecule has 1 heterocycles. The van der Waals surface area contributed by atoms with Gasteiger partial charge in [-0.1, -0.05) is 6.08 Å². The summed E-state index contributed by atoms with van der Waals surface area (Å²) in [5.74, 6) is -0.114. The number of hydrogen-bond donors (Lipinski definition) is 1. The summed E-state index contributed by atoms with van der Waals surface area (Å²) in [7, 11) is 0. The van der Waals surface area contributed by atoms with Gasteiger partial charge < -0.3 is 15.0 Å². The SMILES string of the molecule is C=CCCOC(C)C(=O)Nc1ccc(N2CCCC2)c(C)c1. The number of carbonyl (C=O) groups excluding carboxylic acids is 1. The molecule has 4 nitrogen and oxygen atoms in total. The van der Waals surface area contributed by atoms with Crippen molar-refractivity contribution in [3.05, 3.63) is 36.4 Å². The van der Waals surface area contributed by atoms with Crippen molar-refractivity contribution in [2.45, 2.75) is 39.2 Å². The number of carbonyl (C=O) groups is 1. The van der Waals surface area contributed by atoms with E-state index in [1.165, 1.54) is 24.1 Å². The van der Waals surface area contributed by atoms with Crippen molar-refractivity contribution >= 4 is 17.3 Å². The Morgan fingerprint density at radius 1 is 1.45 bits per heavy atom. The van der Waals surface area contributed by atoms with Gasteiger partial charge in [-0.15, -0.1) is 6.58 Å². The van der Waals surface area contributed by atoms with Crippen LogP contribution in [0, 0.1) is 6.92 Å². The van der Waals surface area contributed by atoms with Gasteiger partial charge in [0.05, 0.1) is 6.61 Å². The Kier molecular flexibility index (Phi) is 6.01. The van der Waals surface area contributed by atoms with E-state index >= 15 is 0 Å². The van der Waals surface area contributed by atoms with E-state index in [2.05, 4.69) is 29.8 Å². The lowest BCUT2D eigenvalue weighted by molar-refractivity contribution is -0.126. The second-order valence-corrected chi connectivity index (χ2v) is 5.78. The molecule has 22 heavy (non-hydrogen) atoms. The molecule has 120 valence electrons. The van der Waals surface area contributed by atoms with E-state index in [-0.39, 0.29) is 5.91 Å². The molecule has 0 aliphatic carbocycles. The second kappa shape index (κ2) is 7.99. The van der Waals surface area contributed by atoms with Crippen LogP contribution in [0.25, 0.3) is 0 Å². The monoisotopic (exact) mass is 302 g/mol. The molecule has 0 radical (unpaired) electrons. The summed E-state index contributed by atoms with van der Waals surface area (Å²) in [6, 6.07) is 6.09. The molecule has 1 aromatic carbocycles. The summed E-state index contributed by atoms with van der Waals surface area (Å²) in [6.07, 6.45) is 4.60. The zero-order chi connectivity index (χ0) is 15.9. The predicted octanol–water partition coefficient (Wildman–Crippen LogP) is 3.51. The first-order chi connectivity index (χ1) is 10.6. The molecule has 1 saturated heterocycles. The number of nitrogens with one attached hydrogen (secondary N) is 1. The molecule has 1 N–H and O–H groups in total. The average molecular weight is 302 g/mol. The molecule has 0 aromatic heterocycles.